The number of ether oxygens (including phenoxy) is 1. The summed E-state index contributed by atoms with van der Waals surface area (Å²) >= 11 is 0. The second-order valence-electron chi connectivity index (χ2n) is 6.26. The smallest absolute Gasteiger partial charge is 0.232 e. The number of nitrogens with zero attached hydrogens (tertiary/aromatic N) is 2. The summed E-state index contributed by atoms with van der Waals surface area (Å²) in [7, 11) is -3.25. The number of aliphatic hydroxyl groups excluding tert-OH is 1. The summed E-state index contributed by atoms with van der Waals surface area (Å²) in [6.45, 7) is 4.20. The normalized spacial score (nSPS) is 21.0. The van der Waals surface area contributed by atoms with Crippen molar-refractivity contribution in [2.45, 2.75) is 18.9 Å². The highest BCUT2D eigenvalue weighted by Gasteiger charge is 2.25. The van der Waals surface area contributed by atoms with Gasteiger partial charge in [-0.1, -0.05) is 12.1 Å². The summed E-state index contributed by atoms with van der Waals surface area (Å²) in [6.07, 6.45) is 2.33. The van der Waals surface area contributed by atoms with Gasteiger partial charge in [0.25, 0.3) is 0 Å². The van der Waals surface area contributed by atoms with Crippen molar-refractivity contribution in [3.63, 3.8) is 0 Å². The second kappa shape index (κ2) is 6.76. The first-order valence-electron chi connectivity index (χ1n) is 8.04. The molecule has 0 amide bonds. The first kappa shape index (κ1) is 16.7. The van der Waals surface area contributed by atoms with E-state index < -0.39 is 16.1 Å². The number of rotatable bonds is 4. The van der Waals surface area contributed by atoms with Gasteiger partial charge < -0.3 is 9.84 Å². The number of β-amino-alcohol motifs (C(OH)–C–C–N with tert-alkyl or cyclic N) is 1. The zero-order valence-corrected chi connectivity index (χ0v) is 14.3. The van der Waals surface area contributed by atoms with E-state index in [0.29, 0.717) is 26.3 Å². The van der Waals surface area contributed by atoms with Crippen LogP contribution >= 0.6 is 0 Å². The predicted octanol–water partition coefficient (Wildman–Crippen LogP) is 0.764. The molecule has 1 fully saturated rings. The van der Waals surface area contributed by atoms with Crippen molar-refractivity contribution in [1.29, 1.82) is 0 Å². The number of benzene rings is 1. The Labute approximate surface area is 137 Å². The van der Waals surface area contributed by atoms with Crippen LogP contribution in [-0.2, 0) is 21.2 Å². The molecule has 6 nitrogen and oxygen atoms in total. The Bertz CT molecular complexity index is 656. The third kappa shape index (κ3) is 3.85. The molecular weight excluding hydrogens is 316 g/mol. The van der Waals surface area contributed by atoms with E-state index in [-0.39, 0.29) is 0 Å². The van der Waals surface area contributed by atoms with Gasteiger partial charge in [-0.25, -0.2) is 8.42 Å². The van der Waals surface area contributed by atoms with E-state index >= 15 is 0 Å². The number of aryl methyl sites for hydroxylation is 1. The molecule has 3 rings (SSSR count). The van der Waals surface area contributed by atoms with Gasteiger partial charge in [-0.3, -0.25) is 9.21 Å². The van der Waals surface area contributed by atoms with Crippen LogP contribution in [0.4, 0.5) is 5.69 Å². The van der Waals surface area contributed by atoms with E-state index in [1.165, 1.54) is 10.6 Å². The van der Waals surface area contributed by atoms with Crippen molar-refractivity contribution in [3.8, 4) is 0 Å². The average molecular weight is 340 g/mol. The third-order valence-electron chi connectivity index (χ3n) is 4.50. The molecule has 2 aliphatic rings. The average Bonchev–Trinajstić information content (AvgIpc) is 2.53. The van der Waals surface area contributed by atoms with Gasteiger partial charge in [0.1, 0.15) is 0 Å². The van der Waals surface area contributed by atoms with Gasteiger partial charge in [0.15, 0.2) is 0 Å². The molecule has 0 saturated carbocycles. The van der Waals surface area contributed by atoms with Crippen LogP contribution in [0.25, 0.3) is 0 Å². The van der Waals surface area contributed by atoms with Gasteiger partial charge in [0, 0.05) is 26.2 Å². The van der Waals surface area contributed by atoms with Crippen molar-refractivity contribution < 1.29 is 18.3 Å². The molecule has 128 valence electrons. The number of aliphatic hydroxyl groups is 1. The fourth-order valence-corrected chi connectivity index (χ4v) is 4.26. The van der Waals surface area contributed by atoms with E-state index in [2.05, 4.69) is 4.90 Å². The van der Waals surface area contributed by atoms with Crippen LogP contribution in [0.5, 0.6) is 0 Å². The molecule has 0 aliphatic carbocycles. The van der Waals surface area contributed by atoms with Gasteiger partial charge in [0.05, 0.1) is 31.3 Å². The summed E-state index contributed by atoms with van der Waals surface area (Å²) in [4.78, 5) is 2.19. The Morgan fingerprint density at radius 3 is 2.70 bits per heavy atom. The monoisotopic (exact) mass is 340 g/mol. The van der Waals surface area contributed by atoms with Crippen molar-refractivity contribution in [2.24, 2.45) is 0 Å². The zero-order chi connectivity index (χ0) is 16.4. The van der Waals surface area contributed by atoms with Crippen molar-refractivity contribution in [2.75, 3.05) is 50.0 Å². The molecule has 1 aromatic carbocycles. The second-order valence-corrected chi connectivity index (χ2v) is 8.16. The summed E-state index contributed by atoms with van der Waals surface area (Å²) in [5.41, 5.74) is 2.60. The van der Waals surface area contributed by atoms with Gasteiger partial charge >= 0.3 is 0 Å². The van der Waals surface area contributed by atoms with E-state index in [1.807, 2.05) is 18.2 Å². The molecule has 2 aliphatic heterocycles. The van der Waals surface area contributed by atoms with Crippen molar-refractivity contribution in [3.05, 3.63) is 29.3 Å². The van der Waals surface area contributed by atoms with Crippen LogP contribution in [0.2, 0.25) is 0 Å². The van der Waals surface area contributed by atoms with Crippen LogP contribution in [-0.4, -0.2) is 64.1 Å². The molecule has 1 N–H and O–H groups in total. The van der Waals surface area contributed by atoms with Crippen LogP contribution in [0.15, 0.2) is 18.2 Å². The minimum atomic E-state index is -3.25. The zero-order valence-electron chi connectivity index (χ0n) is 13.4. The molecule has 0 unspecified atom stereocenters. The molecule has 0 spiro atoms. The topological polar surface area (TPSA) is 70.1 Å². The highest BCUT2D eigenvalue weighted by Crippen LogP contribution is 2.31. The number of sulfonamides is 1. The van der Waals surface area contributed by atoms with Crippen molar-refractivity contribution >= 4 is 15.7 Å². The van der Waals surface area contributed by atoms with Crippen molar-refractivity contribution in [1.82, 2.24) is 4.90 Å². The van der Waals surface area contributed by atoms with Crippen LogP contribution < -0.4 is 4.31 Å². The highest BCUT2D eigenvalue weighted by molar-refractivity contribution is 7.92. The highest BCUT2D eigenvalue weighted by atomic mass is 32.2. The summed E-state index contributed by atoms with van der Waals surface area (Å²) in [5.74, 6) is 0. The first-order valence-corrected chi connectivity index (χ1v) is 9.89. The number of hydrogen-bond acceptors (Lipinski definition) is 5. The third-order valence-corrected chi connectivity index (χ3v) is 5.68. The number of fused-ring (bicyclic) bond motifs is 1. The standard InChI is InChI=1S/C16H24N2O4S/c1-23(20,21)18-6-2-3-13-11-14(4-5-15(13)18)16(19)12-17-7-9-22-10-8-17/h4-5,11,16,19H,2-3,6-10,12H2,1H3/t16-/m0/s1. The minimum Gasteiger partial charge on any atom is -0.387 e. The Hall–Kier alpha value is -1.15. The number of hydrogen-bond donors (Lipinski definition) is 1. The Morgan fingerprint density at radius 1 is 1.26 bits per heavy atom. The molecule has 0 aromatic heterocycles. The fourth-order valence-electron chi connectivity index (χ4n) is 3.27. The van der Waals surface area contributed by atoms with Crippen LogP contribution in [0.3, 0.4) is 0 Å². The Morgan fingerprint density at radius 2 is 2.00 bits per heavy atom. The Kier molecular flexibility index (Phi) is 4.91. The molecular formula is C16H24N2O4S. The maximum Gasteiger partial charge on any atom is 0.232 e. The molecule has 2 heterocycles. The number of morpholine rings is 1. The van der Waals surface area contributed by atoms with E-state index in [0.717, 1.165) is 42.7 Å². The maximum absolute atomic E-state index is 11.9. The van der Waals surface area contributed by atoms with Crippen LogP contribution in [0.1, 0.15) is 23.7 Å². The molecule has 1 saturated heterocycles. The summed E-state index contributed by atoms with van der Waals surface area (Å²) in [6, 6.07) is 5.62. The summed E-state index contributed by atoms with van der Waals surface area (Å²) in [5, 5.41) is 10.5. The lowest BCUT2D eigenvalue weighted by Gasteiger charge is -2.31. The van der Waals surface area contributed by atoms with Gasteiger partial charge in [-0.05, 0) is 30.0 Å². The summed E-state index contributed by atoms with van der Waals surface area (Å²) < 4.78 is 30.6. The Balaban J connectivity index is 1.77. The predicted molar refractivity (Wildman–Crippen MR) is 89.2 cm³/mol. The number of anilines is 1. The molecule has 1 aromatic rings. The fraction of sp³-hybridized carbons (Fsp3) is 0.625. The lowest BCUT2D eigenvalue weighted by atomic mass is 9.98. The van der Waals surface area contributed by atoms with E-state index in [9.17, 15) is 13.5 Å². The largest absolute Gasteiger partial charge is 0.387 e. The first-order chi connectivity index (χ1) is 10.9. The molecule has 23 heavy (non-hydrogen) atoms. The molecule has 1 atom stereocenters. The van der Waals surface area contributed by atoms with Gasteiger partial charge in [-0.15, -0.1) is 0 Å². The van der Waals surface area contributed by atoms with Crippen LogP contribution in [0, 0.1) is 0 Å². The van der Waals surface area contributed by atoms with Gasteiger partial charge in [-0.2, -0.15) is 0 Å². The molecule has 0 bridgehead atoms. The quantitative estimate of drug-likeness (QED) is 0.876. The lowest BCUT2D eigenvalue weighted by molar-refractivity contribution is 0.0143. The lowest BCUT2D eigenvalue weighted by Crippen LogP contribution is -2.39. The maximum atomic E-state index is 11.9. The molecule has 7 heteroatoms. The molecule has 0 radical (unpaired) electrons. The minimum absolute atomic E-state index is 0.529. The van der Waals surface area contributed by atoms with E-state index in [4.69, 9.17) is 4.74 Å². The van der Waals surface area contributed by atoms with Gasteiger partial charge in [0.2, 0.25) is 10.0 Å². The SMILES string of the molecule is CS(=O)(=O)N1CCCc2cc([C@@H](O)CN3CCOCC3)ccc21. The van der Waals surface area contributed by atoms with E-state index in [1.54, 1.807) is 0 Å².